The van der Waals surface area contributed by atoms with E-state index < -0.39 is 29.4 Å². The van der Waals surface area contributed by atoms with Crippen molar-refractivity contribution in [1.82, 2.24) is 24.6 Å². The van der Waals surface area contributed by atoms with Crippen molar-refractivity contribution in [2.24, 2.45) is 0 Å². The SMILES string of the molecule is Nc1nc(-c2ccc(F)cc2)c(-c2cc(Cl)nc(C(F)(F)F)c2)c2nc(CO)nn12. The Kier molecular flexibility index (Phi) is 4.79. The van der Waals surface area contributed by atoms with E-state index in [9.17, 15) is 22.7 Å². The van der Waals surface area contributed by atoms with Crippen LogP contribution in [0.25, 0.3) is 28.0 Å². The van der Waals surface area contributed by atoms with Gasteiger partial charge in [-0.3, -0.25) is 0 Å². The molecule has 0 aliphatic rings. The van der Waals surface area contributed by atoms with Crippen molar-refractivity contribution in [3.05, 3.63) is 58.9 Å². The van der Waals surface area contributed by atoms with E-state index in [1.807, 2.05) is 0 Å². The summed E-state index contributed by atoms with van der Waals surface area (Å²) in [6.07, 6.45) is -4.75. The van der Waals surface area contributed by atoms with Gasteiger partial charge < -0.3 is 10.8 Å². The fourth-order valence-electron chi connectivity index (χ4n) is 2.94. The third kappa shape index (κ3) is 3.53. The smallest absolute Gasteiger partial charge is 0.388 e. The van der Waals surface area contributed by atoms with Gasteiger partial charge >= 0.3 is 6.18 Å². The number of fused-ring (bicyclic) bond motifs is 1. The molecular weight excluding hydrogens is 428 g/mol. The second-order valence-corrected chi connectivity index (χ2v) is 6.57. The van der Waals surface area contributed by atoms with Gasteiger partial charge in [0, 0.05) is 5.56 Å². The van der Waals surface area contributed by atoms with Crippen LogP contribution >= 0.6 is 11.6 Å². The lowest BCUT2D eigenvalue weighted by molar-refractivity contribution is -0.141. The van der Waals surface area contributed by atoms with Crippen LogP contribution in [0.4, 0.5) is 23.5 Å². The molecule has 7 nitrogen and oxygen atoms in total. The molecule has 0 saturated carbocycles. The summed E-state index contributed by atoms with van der Waals surface area (Å²) in [7, 11) is 0. The number of halogens is 5. The molecule has 0 unspecified atom stereocenters. The molecule has 0 radical (unpaired) electrons. The highest BCUT2D eigenvalue weighted by molar-refractivity contribution is 6.29. The topological polar surface area (TPSA) is 102 Å². The molecule has 0 atom stereocenters. The normalized spacial score (nSPS) is 11.9. The minimum atomic E-state index is -4.75. The Bertz CT molecular complexity index is 1260. The molecule has 0 saturated heterocycles. The third-order valence-electron chi connectivity index (χ3n) is 4.19. The molecule has 0 aliphatic heterocycles. The number of hydrogen-bond acceptors (Lipinski definition) is 6. The zero-order chi connectivity index (χ0) is 21.6. The van der Waals surface area contributed by atoms with Gasteiger partial charge in [-0.15, -0.1) is 5.10 Å². The lowest BCUT2D eigenvalue weighted by Gasteiger charge is -2.14. The summed E-state index contributed by atoms with van der Waals surface area (Å²) in [5.74, 6) is -0.653. The average Bonchev–Trinajstić information content (AvgIpc) is 3.12. The molecule has 3 aromatic heterocycles. The maximum atomic E-state index is 13.4. The van der Waals surface area contributed by atoms with Gasteiger partial charge in [0.1, 0.15) is 23.3 Å². The van der Waals surface area contributed by atoms with E-state index >= 15 is 0 Å². The average molecular weight is 439 g/mol. The molecule has 0 aliphatic carbocycles. The zero-order valence-corrected chi connectivity index (χ0v) is 15.6. The molecule has 12 heteroatoms. The second-order valence-electron chi connectivity index (χ2n) is 6.18. The number of hydrogen-bond donors (Lipinski definition) is 2. The van der Waals surface area contributed by atoms with Gasteiger partial charge in [0.2, 0.25) is 5.95 Å². The minimum absolute atomic E-state index is 0.00367. The predicted molar refractivity (Wildman–Crippen MR) is 99.8 cm³/mol. The first-order valence-electron chi connectivity index (χ1n) is 8.34. The summed E-state index contributed by atoms with van der Waals surface area (Å²) < 4.78 is 54.4. The van der Waals surface area contributed by atoms with E-state index in [-0.39, 0.29) is 34.2 Å². The largest absolute Gasteiger partial charge is 0.433 e. The molecule has 154 valence electrons. The molecule has 0 amide bonds. The summed E-state index contributed by atoms with van der Waals surface area (Å²) in [4.78, 5) is 11.7. The van der Waals surface area contributed by atoms with Gasteiger partial charge in [0.15, 0.2) is 11.5 Å². The van der Waals surface area contributed by atoms with Crippen LogP contribution in [0.5, 0.6) is 0 Å². The molecular formula is C18H11ClF4N6O. The molecule has 4 aromatic rings. The molecule has 0 bridgehead atoms. The lowest BCUT2D eigenvalue weighted by Crippen LogP contribution is -2.09. The molecule has 1 aromatic carbocycles. The Morgan fingerprint density at radius 3 is 2.37 bits per heavy atom. The molecule has 0 fully saturated rings. The van der Waals surface area contributed by atoms with Crippen molar-refractivity contribution in [2.45, 2.75) is 12.8 Å². The van der Waals surface area contributed by atoms with Crippen LogP contribution in [-0.4, -0.2) is 29.7 Å². The van der Waals surface area contributed by atoms with E-state index in [1.165, 1.54) is 30.3 Å². The molecule has 30 heavy (non-hydrogen) atoms. The van der Waals surface area contributed by atoms with Crippen molar-refractivity contribution >= 4 is 23.2 Å². The van der Waals surface area contributed by atoms with Crippen LogP contribution in [0, 0.1) is 5.82 Å². The highest BCUT2D eigenvalue weighted by atomic mass is 35.5. The standard InChI is InChI=1S/C18H11ClF4N6O/c19-12-6-9(5-11(25-12)18(21,22)23)14-15(8-1-3-10(20)4-2-8)27-17(24)29-16(14)26-13(7-30)28-29/h1-6,30H,7H2,(H2,24,27). The summed E-state index contributed by atoms with van der Waals surface area (Å²) in [6, 6.07) is 7.14. The van der Waals surface area contributed by atoms with Crippen LogP contribution in [-0.2, 0) is 12.8 Å². The van der Waals surface area contributed by atoms with E-state index in [1.54, 1.807) is 0 Å². The fraction of sp³-hybridized carbons (Fsp3) is 0.111. The number of rotatable bonds is 3. The predicted octanol–water partition coefficient (Wildman–Crippen LogP) is 3.74. The van der Waals surface area contributed by atoms with Gasteiger partial charge in [0.05, 0.1) is 11.3 Å². The van der Waals surface area contributed by atoms with Crippen molar-refractivity contribution in [2.75, 3.05) is 5.73 Å². The third-order valence-corrected chi connectivity index (χ3v) is 4.38. The number of pyridine rings is 1. The van der Waals surface area contributed by atoms with E-state index in [4.69, 9.17) is 17.3 Å². The number of aliphatic hydroxyl groups is 1. The van der Waals surface area contributed by atoms with E-state index in [0.717, 1.165) is 10.6 Å². The number of anilines is 1. The maximum Gasteiger partial charge on any atom is 0.433 e. The minimum Gasteiger partial charge on any atom is -0.388 e. The highest BCUT2D eigenvalue weighted by Crippen LogP contribution is 2.38. The maximum absolute atomic E-state index is 13.4. The van der Waals surface area contributed by atoms with Gasteiger partial charge in [-0.2, -0.15) is 17.7 Å². The first-order valence-corrected chi connectivity index (χ1v) is 8.72. The molecule has 3 N–H and O–H groups in total. The number of benzene rings is 1. The number of nitrogens with two attached hydrogens (primary N) is 1. The van der Waals surface area contributed by atoms with E-state index in [2.05, 4.69) is 20.1 Å². The van der Waals surface area contributed by atoms with Gasteiger partial charge in [-0.1, -0.05) is 11.6 Å². The summed E-state index contributed by atoms with van der Waals surface area (Å²) >= 11 is 5.85. The molecule has 0 spiro atoms. The van der Waals surface area contributed by atoms with Crippen LogP contribution < -0.4 is 5.73 Å². The van der Waals surface area contributed by atoms with Gasteiger partial charge in [0.25, 0.3) is 0 Å². The molecule has 4 rings (SSSR count). The van der Waals surface area contributed by atoms with Crippen LogP contribution in [0.3, 0.4) is 0 Å². The van der Waals surface area contributed by atoms with Crippen molar-refractivity contribution in [3.8, 4) is 22.4 Å². The number of aromatic nitrogens is 5. The van der Waals surface area contributed by atoms with Crippen LogP contribution in [0.1, 0.15) is 11.5 Å². The van der Waals surface area contributed by atoms with Gasteiger partial charge in [-0.05, 0) is 42.0 Å². The zero-order valence-electron chi connectivity index (χ0n) is 14.8. The fourth-order valence-corrected chi connectivity index (χ4v) is 3.14. The summed E-state index contributed by atoms with van der Waals surface area (Å²) in [5.41, 5.74) is 5.38. The Labute approximate surface area is 170 Å². The second kappa shape index (κ2) is 7.18. The Balaban J connectivity index is 2.10. The Morgan fingerprint density at radius 1 is 1.03 bits per heavy atom. The number of aliphatic hydroxyl groups excluding tert-OH is 1. The van der Waals surface area contributed by atoms with Crippen LogP contribution in [0.15, 0.2) is 36.4 Å². The quantitative estimate of drug-likeness (QED) is 0.373. The first kappa shape index (κ1) is 20.0. The first-order chi connectivity index (χ1) is 14.2. The molecule has 3 heterocycles. The number of nitrogen functional groups attached to an aromatic ring is 1. The van der Waals surface area contributed by atoms with Crippen LogP contribution in [0.2, 0.25) is 5.15 Å². The summed E-state index contributed by atoms with van der Waals surface area (Å²) in [6.45, 7) is -0.530. The number of alkyl halides is 3. The van der Waals surface area contributed by atoms with E-state index in [0.29, 0.717) is 5.56 Å². The van der Waals surface area contributed by atoms with Crippen molar-refractivity contribution < 1.29 is 22.7 Å². The Morgan fingerprint density at radius 2 is 1.73 bits per heavy atom. The lowest BCUT2D eigenvalue weighted by atomic mass is 10.00. The summed E-state index contributed by atoms with van der Waals surface area (Å²) in [5, 5.41) is 13.0. The van der Waals surface area contributed by atoms with Crippen molar-refractivity contribution in [1.29, 1.82) is 0 Å². The number of nitrogens with zero attached hydrogens (tertiary/aromatic N) is 5. The highest BCUT2D eigenvalue weighted by Gasteiger charge is 2.34. The Hall–Kier alpha value is -3.31. The van der Waals surface area contributed by atoms with Crippen molar-refractivity contribution in [3.63, 3.8) is 0 Å². The van der Waals surface area contributed by atoms with Gasteiger partial charge in [-0.25, -0.2) is 19.3 Å². The monoisotopic (exact) mass is 438 g/mol.